The minimum Gasteiger partial charge on any atom is -0.479 e. The molecule has 1 unspecified atom stereocenters. The molecule has 3 heteroatoms. The maximum Gasteiger partial charge on any atom is 0.330 e. The van der Waals surface area contributed by atoms with Crippen LogP contribution < -0.4 is 5.32 Å². The Morgan fingerprint density at radius 3 is 2.40 bits per heavy atom. The molecular formula is C17H19NO2. The van der Waals surface area contributed by atoms with Crippen LogP contribution in [0.1, 0.15) is 29.7 Å². The van der Waals surface area contributed by atoms with Gasteiger partial charge in [0.2, 0.25) is 0 Å². The van der Waals surface area contributed by atoms with Gasteiger partial charge in [-0.15, -0.1) is 0 Å². The van der Waals surface area contributed by atoms with Crippen molar-refractivity contribution in [1.29, 1.82) is 0 Å². The molecule has 0 saturated carbocycles. The van der Waals surface area contributed by atoms with Crippen LogP contribution in [-0.2, 0) is 11.2 Å². The molecule has 2 rings (SSSR count). The van der Waals surface area contributed by atoms with Crippen LogP contribution in [-0.4, -0.2) is 11.1 Å². The smallest absolute Gasteiger partial charge is 0.330 e. The van der Waals surface area contributed by atoms with E-state index in [0.29, 0.717) is 0 Å². The van der Waals surface area contributed by atoms with Crippen molar-refractivity contribution in [2.24, 2.45) is 0 Å². The zero-order valence-corrected chi connectivity index (χ0v) is 11.8. The summed E-state index contributed by atoms with van der Waals surface area (Å²) in [6, 6.07) is 14.7. The number of carboxylic acids is 1. The number of hydrogen-bond acceptors (Lipinski definition) is 2. The first-order valence-corrected chi connectivity index (χ1v) is 6.75. The number of benzene rings is 2. The van der Waals surface area contributed by atoms with Crippen molar-refractivity contribution in [1.82, 2.24) is 0 Å². The standard InChI is InChI=1S/C17H19NO2/c1-3-13-6-4-5-7-15(13)16(17(19)20)18-14-10-8-12(2)9-11-14/h4-11,16,18H,3H2,1-2H3,(H,19,20). The van der Waals surface area contributed by atoms with Gasteiger partial charge in [-0.1, -0.05) is 48.9 Å². The lowest BCUT2D eigenvalue weighted by Crippen LogP contribution is -2.21. The van der Waals surface area contributed by atoms with Crippen LogP contribution in [0.4, 0.5) is 5.69 Å². The molecule has 0 fully saturated rings. The maximum absolute atomic E-state index is 11.6. The van der Waals surface area contributed by atoms with Crippen LogP contribution in [0.15, 0.2) is 48.5 Å². The molecule has 2 N–H and O–H groups in total. The number of hydrogen-bond donors (Lipinski definition) is 2. The van der Waals surface area contributed by atoms with Crippen molar-refractivity contribution in [3.05, 3.63) is 65.2 Å². The molecule has 1 atom stereocenters. The maximum atomic E-state index is 11.6. The summed E-state index contributed by atoms with van der Waals surface area (Å²) in [6.45, 7) is 4.04. The third-order valence-corrected chi connectivity index (χ3v) is 3.36. The second kappa shape index (κ2) is 6.24. The van der Waals surface area contributed by atoms with Gasteiger partial charge in [0.25, 0.3) is 0 Å². The van der Waals surface area contributed by atoms with Gasteiger partial charge in [-0.2, -0.15) is 0 Å². The SMILES string of the molecule is CCc1ccccc1C(Nc1ccc(C)cc1)C(=O)O. The molecule has 0 spiro atoms. The van der Waals surface area contributed by atoms with E-state index >= 15 is 0 Å². The van der Waals surface area contributed by atoms with Crippen molar-refractivity contribution < 1.29 is 9.90 Å². The van der Waals surface area contributed by atoms with E-state index in [4.69, 9.17) is 0 Å². The summed E-state index contributed by atoms with van der Waals surface area (Å²) >= 11 is 0. The number of carboxylic acid groups (broad SMARTS) is 1. The number of aliphatic carboxylic acids is 1. The van der Waals surface area contributed by atoms with Gasteiger partial charge in [0.15, 0.2) is 6.04 Å². The Morgan fingerprint density at radius 1 is 1.15 bits per heavy atom. The van der Waals surface area contributed by atoms with Crippen LogP contribution in [0.3, 0.4) is 0 Å². The lowest BCUT2D eigenvalue weighted by atomic mass is 9.98. The van der Waals surface area contributed by atoms with Gasteiger partial charge < -0.3 is 10.4 Å². The number of carbonyl (C=O) groups is 1. The van der Waals surface area contributed by atoms with Crippen LogP contribution in [0.2, 0.25) is 0 Å². The summed E-state index contributed by atoms with van der Waals surface area (Å²) in [5, 5.41) is 12.6. The zero-order chi connectivity index (χ0) is 14.5. The highest BCUT2D eigenvalue weighted by Crippen LogP contribution is 2.23. The molecule has 0 saturated heterocycles. The van der Waals surface area contributed by atoms with Gasteiger partial charge >= 0.3 is 5.97 Å². The fraction of sp³-hybridized carbons (Fsp3) is 0.235. The number of nitrogens with one attached hydrogen (secondary N) is 1. The van der Waals surface area contributed by atoms with E-state index < -0.39 is 12.0 Å². The Bertz CT molecular complexity index is 590. The molecule has 2 aromatic carbocycles. The summed E-state index contributed by atoms with van der Waals surface area (Å²) in [7, 11) is 0. The van der Waals surface area contributed by atoms with Crippen molar-refractivity contribution in [3.63, 3.8) is 0 Å². The second-order valence-corrected chi connectivity index (χ2v) is 4.83. The predicted octanol–water partition coefficient (Wildman–Crippen LogP) is 3.80. The van der Waals surface area contributed by atoms with Crippen LogP contribution in [0.5, 0.6) is 0 Å². The molecule has 0 aliphatic carbocycles. The molecule has 0 amide bonds. The summed E-state index contributed by atoms with van der Waals surface area (Å²) in [4.78, 5) is 11.6. The molecule has 104 valence electrons. The van der Waals surface area contributed by atoms with Gasteiger partial charge in [-0.05, 0) is 36.6 Å². The van der Waals surface area contributed by atoms with Gasteiger partial charge in [-0.25, -0.2) is 4.79 Å². The molecule has 0 aromatic heterocycles. The fourth-order valence-electron chi connectivity index (χ4n) is 2.23. The van der Waals surface area contributed by atoms with Gasteiger partial charge in [-0.3, -0.25) is 0 Å². The summed E-state index contributed by atoms with van der Waals surface area (Å²) < 4.78 is 0. The second-order valence-electron chi connectivity index (χ2n) is 4.83. The zero-order valence-electron chi connectivity index (χ0n) is 11.8. The summed E-state index contributed by atoms with van der Waals surface area (Å²) in [5.41, 5.74) is 3.84. The van der Waals surface area contributed by atoms with E-state index in [0.717, 1.165) is 28.8 Å². The summed E-state index contributed by atoms with van der Waals surface area (Å²) in [6.07, 6.45) is 0.815. The van der Waals surface area contributed by atoms with Gasteiger partial charge in [0, 0.05) is 5.69 Å². The Labute approximate surface area is 119 Å². The summed E-state index contributed by atoms with van der Waals surface area (Å²) in [5.74, 6) is -0.869. The first kappa shape index (κ1) is 14.1. The Morgan fingerprint density at radius 2 is 1.80 bits per heavy atom. The Kier molecular flexibility index (Phi) is 4.41. The number of aryl methyl sites for hydroxylation is 2. The average Bonchev–Trinajstić information content (AvgIpc) is 2.46. The molecule has 3 nitrogen and oxygen atoms in total. The molecule has 0 radical (unpaired) electrons. The first-order chi connectivity index (χ1) is 9.61. The topological polar surface area (TPSA) is 49.3 Å². The molecule has 0 aliphatic rings. The van der Waals surface area contributed by atoms with E-state index in [-0.39, 0.29) is 0 Å². The molecular weight excluding hydrogens is 250 g/mol. The third kappa shape index (κ3) is 3.18. The molecule has 20 heavy (non-hydrogen) atoms. The number of anilines is 1. The lowest BCUT2D eigenvalue weighted by Gasteiger charge is -2.19. The van der Waals surface area contributed by atoms with E-state index in [1.807, 2.05) is 62.4 Å². The fourth-order valence-corrected chi connectivity index (χ4v) is 2.23. The van der Waals surface area contributed by atoms with Crippen molar-refractivity contribution in [3.8, 4) is 0 Å². The highest BCUT2D eigenvalue weighted by atomic mass is 16.4. The number of rotatable bonds is 5. The predicted molar refractivity (Wildman–Crippen MR) is 81.0 cm³/mol. The normalized spacial score (nSPS) is 11.9. The lowest BCUT2D eigenvalue weighted by molar-refractivity contribution is -0.138. The first-order valence-electron chi connectivity index (χ1n) is 6.75. The van der Waals surface area contributed by atoms with E-state index in [1.165, 1.54) is 0 Å². The van der Waals surface area contributed by atoms with E-state index in [2.05, 4.69) is 5.32 Å². The monoisotopic (exact) mass is 269 g/mol. The molecule has 0 heterocycles. The van der Waals surface area contributed by atoms with Gasteiger partial charge in [0.05, 0.1) is 0 Å². The largest absolute Gasteiger partial charge is 0.479 e. The average molecular weight is 269 g/mol. The third-order valence-electron chi connectivity index (χ3n) is 3.36. The highest BCUT2D eigenvalue weighted by Gasteiger charge is 2.21. The molecule has 2 aromatic rings. The van der Waals surface area contributed by atoms with Crippen LogP contribution in [0, 0.1) is 6.92 Å². The van der Waals surface area contributed by atoms with Crippen molar-refractivity contribution >= 4 is 11.7 Å². The van der Waals surface area contributed by atoms with Gasteiger partial charge in [0.1, 0.15) is 0 Å². The quantitative estimate of drug-likeness (QED) is 0.868. The minimum atomic E-state index is -0.869. The van der Waals surface area contributed by atoms with E-state index in [1.54, 1.807) is 0 Å². The molecule has 0 aliphatic heterocycles. The minimum absolute atomic E-state index is 0.728. The Hall–Kier alpha value is -2.29. The molecule has 0 bridgehead atoms. The Balaban J connectivity index is 2.32. The van der Waals surface area contributed by atoms with Crippen LogP contribution >= 0.6 is 0 Å². The van der Waals surface area contributed by atoms with Crippen LogP contribution in [0.25, 0.3) is 0 Å². The van der Waals surface area contributed by atoms with Crippen molar-refractivity contribution in [2.75, 3.05) is 5.32 Å². The van der Waals surface area contributed by atoms with E-state index in [9.17, 15) is 9.90 Å². The highest BCUT2D eigenvalue weighted by molar-refractivity contribution is 5.79. The van der Waals surface area contributed by atoms with Crippen molar-refractivity contribution in [2.45, 2.75) is 26.3 Å².